The van der Waals surface area contributed by atoms with Gasteiger partial charge in [0.1, 0.15) is 0 Å². The van der Waals surface area contributed by atoms with Crippen molar-refractivity contribution in [3.05, 3.63) is 33.4 Å². The van der Waals surface area contributed by atoms with Gasteiger partial charge in [-0.1, -0.05) is 27.7 Å². The number of benzene rings is 1. The number of nitrogens with zero attached hydrogens (tertiary/aromatic N) is 2. The van der Waals surface area contributed by atoms with Crippen LogP contribution in [0.25, 0.3) is 0 Å². The third-order valence-corrected chi connectivity index (χ3v) is 5.57. The van der Waals surface area contributed by atoms with Crippen LogP contribution in [0, 0.1) is 35.8 Å². The molecule has 152 valence electrons. The lowest BCUT2D eigenvalue weighted by atomic mass is 10.1. The SMILES string of the molecule is Cc1cc(NC(=O)N(CC(C)C)CC(C)C)cc(C)c1S(=O)(=O)C[N+](=O)[O-]. The van der Waals surface area contributed by atoms with E-state index in [1.54, 1.807) is 18.7 Å². The van der Waals surface area contributed by atoms with Gasteiger partial charge in [-0.15, -0.1) is 0 Å². The number of carbonyl (C=O) groups is 1. The Bertz CT molecular complexity index is 770. The molecule has 0 bridgehead atoms. The molecular formula is C18H29N3O5S. The summed E-state index contributed by atoms with van der Waals surface area (Å²) in [6.07, 6.45) is 0. The van der Waals surface area contributed by atoms with Gasteiger partial charge in [0.15, 0.2) is 0 Å². The highest BCUT2D eigenvalue weighted by Gasteiger charge is 2.26. The topological polar surface area (TPSA) is 110 Å². The van der Waals surface area contributed by atoms with E-state index in [0.717, 1.165) is 0 Å². The molecule has 0 heterocycles. The molecule has 0 spiro atoms. The van der Waals surface area contributed by atoms with Crippen LogP contribution in [0.3, 0.4) is 0 Å². The average Bonchev–Trinajstić information content (AvgIpc) is 2.42. The third-order valence-electron chi connectivity index (χ3n) is 3.76. The molecule has 0 saturated heterocycles. The highest BCUT2D eigenvalue weighted by molar-refractivity contribution is 7.91. The maximum absolute atomic E-state index is 12.6. The summed E-state index contributed by atoms with van der Waals surface area (Å²) in [5.41, 5.74) is 1.20. The molecule has 0 unspecified atom stereocenters. The molecule has 0 aliphatic rings. The molecule has 1 N–H and O–H groups in total. The first-order valence-electron chi connectivity index (χ1n) is 8.85. The van der Waals surface area contributed by atoms with Crippen molar-refractivity contribution < 1.29 is 18.1 Å². The average molecular weight is 400 g/mol. The Morgan fingerprint density at radius 2 is 1.56 bits per heavy atom. The fraction of sp³-hybridized carbons (Fsp3) is 0.611. The van der Waals surface area contributed by atoms with Gasteiger partial charge in [-0.05, 0) is 48.9 Å². The zero-order chi connectivity index (χ0) is 20.9. The standard InChI is InChI=1S/C18H29N3O5S/c1-12(2)9-20(10-13(3)4)18(22)19-16-7-14(5)17(15(6)8-16)27(25,26)11-21(23)24/h7-8,12-13H,9-11H2,1-6H3,(H,19,22). The van der Waals surface area contributed by atoms with Crippen molar-refractivity contribution in [1.82, 2.24) is 4.90 Å². The van der Waals surface area contributed by atoms with Crippen molar-refractivity contribution in [2.24, 2.45) is 11.8 Å². The molecule has 9 heteroatoms. The van der Waals surface area contributed by atoms with Gasteiger partial charge in [0.2, 0.25) is 9.84 Å². The summed E-state index contributed by atoms with van der Waals surface area (Å²) >= 11 is 0. The molecule has 0 aromatic heterocycles. The second-order valence-corrected chi connectivity index (χ2v) is 9.53. The van der Waals surface area contributed by atoms with Gasteiger partial charge in [0.05, 0.1) is 4.90 Å². The van der Waals surface area contributed by atoms with Crippen LogP contribution in [0.2, 0.25) is 0 Å². The van der Waals surface area contributed by atoms with Gasteiger partial charge in [0.25, 0.3) is 0 Å². The predicted octanol–water partition coefficient (Wildman–Crippen LogP) is 3.46. The number of hydrogen-bond donors (Lipinski definition) is 1. The van der Waals surface area contributed by atoms with Gasteiger partial charge in [-0.3, -0.25) is 10.1 Å². The van der Waals surface area contributed by atoms with Gasteiger partial charge < -0.3 is 10.2 Å². The van der Waals surface area contributed by atoms with E-state index in [-0.39, 0.29) is 10.9 Å². The van der Waals surface area contributed by atoms with Gasteiger partial charge >= 0.3 is 11.9 Å². The van der Waals surface area contributed by atoms with E-state index < -0.39 is 20.6 Å². The molecule has 0 aliphatic heterocycles. The largest absolute Gasteiger partial charge is 0.324 e. The lowest BCUT2D eigenvalue weighted by Gasteiger charge is -2.27. The minimum atomic E-state index is -4.04. The summed E-state index contributed by atoms with van der Waals surface area (Å²) in [4.78, 5) is 24.1. The first kappa shape index (κ1) is 22.9. The maximum atomic E-state index is 12.6. The lowest BCUT2D eigenvalue weighted by molar-refractivity contribution is -0.458. The second-order valence-electron chi connectivity index (χ2n) is 7.64. The third kappa shape index (κ3) is 6.82. The molecule has 0 atom stereocenters. The van der Waals surface area contributed by atoms with Crippen molar-refractivity contribution in [1.29, 1.82) is 0 Å². The van der Waals surface area contributed by atoms with E-state index in [1.165, 1.54) is 12.1 Å². The Hall–Kier alpha value is -2.16. The van der Waals surface area contributed by atoms with Crippen molar-refractivity contribution in [2.45, 2.75) is 46.4 Å². The van der Waals surface area contributed by atoms with Crippen molar-refractivity contribution in [3.8, 4) is 0 Å². The normalized spacial score (nSPS) is 11.7. The number of amides is 2. The molecule has 0 aliphatic carbocycles. The summed E-state index contributed by atoms with van der Waals surface area (Å²) < 4.78 is 24.5. The number of hydrogen-bond acceptors (Lipinski definition) is 5. The van der Waals surface area contributed by atoms with Crippen LogP contribution in [0.15, 0.2) is 17.0 Å². The molecule has 27 heavy (non-hydrogen) atoms. The summed E-state index contributed by atoms with van der Waals surface area (Å²) in [5, 5.41) is 13.5. The minimum absolute atomic E-state index is 0.0570. The number of nitrogens with one attached hydrogen (secondary N) is 1. The molecule has 2 amide bonds. The number of rotatable bonds is 8. The molecular weight excluding hydrogens is 370 g/mol. The first-order valence-corrected chi connectivity index (χ1v) is 10.5. The number of nitro groups is 1. The quantitative estimate of drug-likeness (QED) is 0.532. The number of anilines is 1. The number of aryl methyl sites for hydroxylation is 2. The van der Waals surface area contributed by atoms with Crippen LogP contribution in [0.1, 0.15) is 38.8 Å². The van der Waals surface area contributed by atoms with E-state index in [0.29, 0.717) is 41.7 Å². The molecule has 0 radical (unpaired) electrons. The fourth-order valence-corrected chi connectivity index (χ4v) is 4.55. The van der Waals surface area contributed by atoms with E-state index in [9.17, 15) is 23.3 Å². The Labute approximate surface area is 161 Å². The first-order chi connectivity index (χ1) is 12.3. The summed E-state index contributed by atoms with van der Waals surface area (Å²) in [5.74, 6) is -0.531. The van der Waals surface area contributed by atoms with Crippen LogP contribution in [-0.4, -0.2) is 43.2 Å². The Kier molecular flexibility index (Phi) is 7.77. The van der Waals surface area contributed by atoms with Crippen LogP contribution in [-0.2, 0) is 9.84 Å². The zero-order valence-electron chi connectivity index (χ0n) is 16.8. The molecule has 0 fully saturated rings. The van der Waals surface area contributed by atoms with E-state index in [1.807, 2.05) is 27.7 Å². The highest BCUT2D eigenvalue weighted by atomic mass is 32.2. The lowest BCUT2D eigenvalue weighted by Crippen LogP contribution is -2.39. The highest BCUT2D eigenvalue weighted by Crippen LogP contribution is 2.26. The van der Waals surface area contributed by atoms with Crippen molar-refractivity contribution >= 4 is 21.6 Å². The molecule has 0 saturated carbocycles. The van der Waals surface area contributed by atoms with Gasteiger partial charge in [-0.2, -0.15) is 0 Å². The smallest absolute Gasteiger partial charge is 0.321 e. The summed E-state index contributed by atoms with van der Waals surface area (Å²) in [7, 11) is -4.04. The minimum Gasteiger partial charge on any atom is -0.324 e. The molecule has 1 aromatic rings. The Morgan fingerprint density at radius 1 is 1.11 bits per heavy atom. The second kappa shape index (κ2) is 9.16. The number of sulfone groups is 1. The van der Waals surface area contributed by atoms with E-state index >= 15 is 0 Å². The van der Waals surface area contributed by atoms with Crippen molar-refractivity contribution in [2.75, 3.05) is 24.3 Å². The molecule has 8 nitrogen and oxygen atoms in total. The van der Waals surface area contributed by atoms with E-state index in [4.69, 9.17) is 0 Å². The molecule has 1 rings (SSSR count). The van der Waals surface area contributed by atoms with Crippen molar-refractivity contribution in [3.63, 3.8) is 0 Å². The predicted molar refractivity (Wildman–Crippen MR) is 105 cm³/mol. The Balaban J connectivity index is 3.12. The summed E-state index contributed by atoms with van der Waals surface area (Å²) in [6.45, 7) is 12.5. The van der Waals surface area contributed by atoms with Crippen LogP contribution >= 0.6 is 0 Å². The number of urea groups is 1. The molecule has 1 aromatic carbocycles. The monoisotopic (exact) mass is 399 g/mol. The van der Waals surface area contributed by atoms with Crippen LogP contribution < -0.4 is 5.32 Å². The van der Waals surface area contributed by atoms with E-state index in [2.05, 4.69) is 5.32 Å². The van der Waals surface area contributed by atoms with Crippen LogP contribution in [0.4, 0.5) is 10.5 Å². The van der Waals surface area contributed by atoms with Gasteiger partial charge in [0, 0.05) is 23.7 Å². The zero-order valence-corrected chi connectivity index (χ0v) is 17.6. The maximum Gasteiger partial charge on any atom is 0.321 e. The fourth-order valence-electron chi connectivity index (χ4n) is 3.04. The Morgan fingerprint density at radius 3 is 1.93 bits per heavy atom. The van der Waals surface area contributed by atoms with Gasteiger partial charge in [-0.25, -0.2) is 13.2 Å². The number of carbonyl (C=O) groups excluding carboxylic acids is 1. The van der Waals surface area contributed by atoms with Crippen LogP contribution in [0.5, 0.6) is 0 Å². The summed E-state index contributed by atoms with van der Waals surface area (Å²) in [6, 6.07) is 2.80.